The summed E-state index contributed by atoms with van der Waals surface area (Å²) in [6.45, 7) is 2.41. The van der Waals surface area contributed by atoms with E-state index < -0.39 is 0 Å². The molecule has 1 amide bonds. The topological polar surface area (TPSA) is 23.6 Å². The van der Waals surface area contributed by atoms with Crippen molar-refractivity contribution < 1.29 is 4.79 Å². The van der Waals surface area contributed by atoms with Gasteiger partial charge in [-0.3, -0.25) is 4.79 Å². The smallest absolute Gasteiger partial charge is 0.316 e. The molecule has 1 saturated heterocycles. The van der Waals surface area contributed by atoms with Crippen LogP contribution < -0.4 is 0 Å². The van der Waals surface area contributed by atoms with Gasteiger partial charge in [0.15, 0.2) is 0 Å². The molecular weight excluding hydrogens is 224 g/mol. The van der Waals surface area contributed by atoms with Gasteiger partial charge in [0.2, 0.25) is 0 Å². The van der Waals surface area contributed by atoms with Crippen LogP contribution in [0.1, 0.15) is 11.6 Å². The van der Waals surface area contributed by atoms with Crippen LogP contribution in [-0.2, 0) is 0 Å². The molecule has 1 heterocycles. The molecule has 0 bridgehead atoms. The number of hydrogen-bond donors (Lipinski definition) is 0. The van der Waals surface area contributed by atoms with Crippen molar-refractivity contribution in [3.05, 3.63) is 35.9 Å². The molecule has 1 fully saturated rings. The number of likely N-dealkylation sites (N-methyl/N-ethyl adjacent to an activating group) is 1. The van der Waals surface area contributed by atoms with E-state index in [4.69, 9.17) is 11.6 Å². The summed E-state index contributed by atoms with van der Waals surface area (Å²) in [7, 11) is 2.06. The van der Waals surface area contributed by atoms with Crippen molar-refractivity contribution in [3.8, 4) is 0 Å². The predicted molar refractivity (Wildman–Crippen MR) is 64.6 cm³/mol. The zero-order valence-electron chi connectivity index (χ0n) is 9.27. The Labute approximate surface area is 101 Å². The van der Waals surface area contributed by atoms with E-state index in [0.717, 1.165) is 18.7 Å². The van der Waals surface area contributed by atoms with Crippen molar-refractivity contribution >= 4 is 17.0 Å². The highest BCUT2D eigenvalue weighted by molar-refractivity contribution is 6.62. The zero-order chi connectivity index (χ0) is 11.5. The minimum Gasteiger partial charge on any atom is -0.320 e. The maximum atomic E-state index is 11.4. The minimum absolute atomic E-state index is 0.0740. The molecule has 0 radical (unpaired) electrons. The number of rotatable bonds is 1. The van der Waals surface area contributed by atoms with Crippen LogP contribution in [0.25, 0.3) is 0 Å². The predicted octanol–water partition coefficient (Wildman–Crippen LogP) is 2.33. The fourth-order valence-electron chi connectivity index (χ4n) is 2.09. The third-order valence-corrected chi connectivity index (χ3v) is 3.21. The Morgan fingerprint density at radius 3 is 2.62 bits per heavy atom. The summed E-state index contributed by atoms with van der Waals surface area (Å²) in [6.07, 6.45) is 0. The lowest BCUT2D eigenvalue weighted by Crippen LogP contribution is -2.47. The van der Waals surface area contributed by atoms with Crippen LogP contribution in [0, 0.1) is 0 Å². The van der Waals surface area contributed by atoms with Crippen LogP contribution in [0.2, 0.25) is 0 Å². The standard InChI is InChI=1S/C12H15ClN2O/c1-14-7-8-15(12(13)16)11(9-14)10-5-3-2-4-6-10/h2-6,11H,7-9H2,1H3. The van der Waals surface area contributed by atoms with Crippen LogP contribution in [-0.4, -0.2) is 41.8 Å². The van der Waals surface area contributed by atoms with E-state index in [1.807, 2.05) is 30.3 Å². The maximum Gasteiger partial charge on any atom is 0.316 e. The summed E-state index contributed by atoms with van der Waals surface area (Å²) in [6, 6.07) is 10.1. The Morgan fingerprint density at radius 2 is 2.00 bits per heavy atom. The van der Waals surface area contributed by atoms with Gasteiger partial charge in [0, 0.05) is 19.6 Å². The fourth-order valence-corrected chi connectivity index (χ4v) is 2.29. The molecule has 1 aliphatic heterocycles. The molecule has 0 spiro atoms. The van der Waals surface area contributed by atoms with E-state index in [1.54, 1.807) is 4.90 Å². The third kappa shape index (κ3) is 2.36. The second-order valence-corrected chi connectivity index (χ2v) is 4.46. The van der Waals surface area contributed by atoms with Crippen LogP contribution in [0.5, 0.6) is 0 Å². The average Bonchev–Trinajstić information content (AvgIpc) is 2.29. The van der Waals surface area contributed by atoms with Gasteiger partial charge in [0.25, 0.3) is 0 Å². The largest absolute Gasteiger partial charge is 0.320 e. The van der Waals surface area contributed by atoms with Gasteiger partial charge in [0.1, 0.15) is 0 Å². The van der Waals surface area contributed by atoms with Crippen LogP contribution in [0.15, 0.2) is 30.3 Å². The highest BCUT2D eigenvalue weighted by Crippen LogP contribution is 2.25. The van der Waals surface area contributed by atoms with Gasteiger partial charge in [0.05, 0.1) is 6.04 Å². The first-order valence-electron chi connectivity index (χ1n) is 5.38. The second-order valence-electron chi connectivity index (χ2n) is 4.14. The maximum absolute atomic E-state index is 11.4. The van der Waals surface area contributed by atoms with Crippen molar-refractivity contribution in [2.24, 2.45) is 0 Å². The summed E-state index contributed by atoms with van der Waals surface area (Å²) >= 11 is 5.62. The summed E-state index contributed by atoms with van der Waals surface area (Å²) in [4.78, 5) is 15.3. The van der Waals surface area contributed by atoms with Crippen molar-refractivity contribution in [2.75, 3.05) is 26.7 Å². The monoisotopic (exact) mass is 238 g/mol. The molecule has 1 aromatic rings. The van der Waals surface area contributed by atoms with Crippen molar-refractivity contribution in [2.45, 2.75) is 6.04 Å². The van der Waals surface area contributed by atoms with E-state index in [-0.39, 0.29) is 11.4 Å². The number of benzene rings is 1. The summed E-state index contributed by atoms with van der Waals surface area (Å²) < 4.78 is 0. The Bertz CT molecular complexity index is 369. The van der Waals surface area contributed by atoms with E-state index in [9.17, 15) is 4.79 Å². The van der Waals surface area contributed by atoms with E-state index in [0.29, 0.717) is 6.54 Å². The average molecular weight is 239 g/mol. The minimum atomic E-state index is -0.359. The molecule has 86 valence electrons. The number of piperazine rings is 1. The van der Waals surface area contributed by atoms with Crippen LogP contribution in [0.3, 0.4) is 0 Å². The number of nitrogens with zero attached hydrogens (tertiary/aromatic N) is 2. The van der Waals surface area contributed by atoms with E-state index in [2.05, 4.69) is 11.9 Å². The Morgan fingerprint density at radius 1 is 1.31 bits per heavy atom. The molecule has 0 aromatic heterocycles. The SMILES string of the molecule is CN1CCN(C(=O)Cl)C(c2ccccc2)C1. The van der Waals surface area contributed by atoms with Crippen LogP contribution >= 0.6 is 11.6 Å². The van der Waals surface area contributed by atoms with Gasteiger partial charge in [-0.25, -0.2) is 0 Å². The quantitative estimate of drug-likeness (QED) is 0.554. The molecule has 1 unspecified atom stereocenters. The first-order chi connectivity index (χ1) is 7.68. The first kappa shape index (κ1) is 11.4. The molecule has 3 nitrogen and oxygen atoms in total. The lowest BCUT2D eigenvalue weighted by atomic mass is 10.0. The van der Waals surface area contributed by atoms with Crippen LogP contribution in [0.4, 0.5) is 4.79 Å². The highest BCUT2D eigenvalue weighted by atomic mass is 35.5. The molecule has 1 atom stereocenters. The molecule has 16 heavy (non-hydrogen) atoms. The summed E-state index contributed by atoms with van der Waals surface area (Å²) in [5, 5.41) is -0.359. The molecular formula is C12H15ClN2O. The Kier molecular flexibility index (Phi) is 3.46. The number of amides is 1. The lowest BCUT2D eigenvalue weighted by molar-refractivity contribution is 0.122. The van der Waals surface area contributed by atoms with Gasteiger partial charge < -0.3 is 9.80 Å². The van der Waals surface area contributed by atoms with E-state index >= 15 is 0 Å². The number of halogens is 1. The Balaban J connectivity index is 2.24. The van der Waals surface area contributed by atoms with Gasteiger partial charge >= 0.3 is 5.37 Å². The molecule has 0 N–H and O–H groups in total. The number of carbonyl (C=O) groups excluding carboxylic acids is 1. The highest BCUT2D eigenvalue weighted by Gasteiger charge is 2.28. The second kappa shape index (κ2) is 4.85. The molecule has 2 rings (SSSR count). The van der Waals surface area contributed by atoms with Crippen molar-refractivity contribution in [3.63, 3.8) is 0 Å². The first-order valence-corrected chi connectivity index (χ1v) is 5.76. The summed E-state index contributed by atoms with van der Waals surface area (Å²) in [5.74, 6) is 0. The molecule has 0 saturated carbocycles. The molecule has 4 heteroatoms. The Hall–Kier alpha value is -1.06. The fraction of sp³-hybridized carbons (Fsp3) is 0.417. The molecule has 0 aliphatic carbocycles. The summed E-state index contributed by atoms with van der Waals surface area (Å²) in [5.41, 5.74) is 1.14. The van der Waals surface area contributed by atoms with Crippen molar-refractivity contribution in [1.82, 2.24) is 9.80 Å². The molecule has 1 aromatic carbocycles. The van der Waals surface area contributed by atoms with E-state index in [1.165, 1.54) is 0 Å². The number of hydrogen-bond acceptors (Lipinski definition) is 2. The van der Waals surface area contributed by atoms with Gasteiger partial charge in [-0.15, -0.1) is 0 Å². The molecule has 1 aliphatic rings. The van der Waals surface area contributed by atoms with Gasteiger partial charge in [-0.1, -0.05) is 30.3 Å². The third-order valence-electron chi connectivity index (χ3n) is 2.99. The normalized spacial score (nSPS) is 22.1. The van der Waals surface area contributed by atoms with Gasteiger partial charge in [-0.2, -0.15) is 0 Å². The zero-order valence-corrected chi connectivity index (χ0v) is 10.0. The number of carbonyl (C=O) groups is 1. The van der Waals surface area contributed by atoms with Gasteiger partial charge in [-0.05, 0) is 24.2 Å². The van der Waals surface area contributed by atoms with Crippen molar-refractivity contribution in [1.29, 1.82) is 0 Å². The lowest BCUT2D eigenvalue weighted by Gasteiger charge is -2.39.